The van der Waals surface area contributed by atoms with E-state index in [-0.39, 0.29) is 22.7 Å². The summed E-state index contributed by atoms with van der Waals surface area (Å²) in [7, 11) is 0. The number of carbonyl (C=O) groups is 2. The monoisotopic (exact) mass is 451 g/mol. The summed E-state index contributed by atoms with van der Waals surface area (Å²) < 4.78 is 0. The van der Waals surface area contributed by atoms with Gasteiger partial charge in [-0.15, -0.1) is 10.2 Å². The first-order valence-electron chi connectivity index (χ1n) is 10.2. The highest BCUT2D eigenvalue weighted by atomic mass is 32.2. The van der Waals surface area contributed by atoms with Gasteiger partial charge in [0.15, 0.2) is 10.9 Å². The van der Waals surface area contributed by atoms with Crippen molar-refractivity contribution in [2.24, 2.45) is 0 Å². The summed E-state index contributed by atoms with van der Waals surface area (Å²) in [6.45, 7) is 7.40. The highest BCUT2D eigenvalue weighted by molar-refractivity contribution is 8.00. The summed E-state index contributed by atoms with van der Waals surface area (Å²) in [6.07, 6.45) is 0.314. The van der Waals surface area contributed by atoms with E-state index in [0.717, 1.165) is 28.6 Å². The number of nitrogens with zero attached hydrogens (tertiary/aromatic N) is 2. The molecule has 3 N–H and O–H groups in total. The number of aromatic nitrogens is 3. The van der Waals surface area contributed by atoms with Gasteiger partial charge in [0.2, 0.25) is 11.8 Å². The van der Waals surface area contributed by atoms with Crippen LogP contribution < -0.4 is 16.2 Å². The molecule has 166 valence electrons. The Morgan fingerprint density at radius 2 is 1.81 bits per heavy atom. The molecule has 2 amide bonds. The Morgan fingerprint density at radius 3 is 2.50 bits per heavy atom. The largest absolute Gasteiger partial charge is 0.325 e. The van der Waals surface area contributed by atoms with Crippen LogP contribution in [0.1, 0.15) is 31.4 Å². The van der Waals surface area contributed by atoms with Crippen LogP contribution in [-0.2, 0) is 9.59 Å². The van der Waals surface area contributed by atoms with Crippen LogP contribution in [0.5, 0.6) is 0 Å². The number of thioether (sulfide) groups is 1. The molecule has 1 heterocycles. The van der Waals surface area contributed by atoms with Gasteiger partial charge in [0.25, 0.3) is 5.56 Å². The van der Waals surface area contributed by atoms with E-state index in [1.807, 2.05) is 32.0 Å². The molecule has 0 fully saturated rings. The predicted octanol–water partition coefficient (Wildman–Crippen LogP) is 3.92. The number of rotatable bonds is 7. The van der Waals surface area contributed by atoms with Crippen LogP contribution in [0.15, 0.2) is 52.4 Å². The Balaban J connectivity index is 1.75. The lowest BCUT2D eigenvalue weighted by Crippen LogP contribution is -2.24. The molecule has 0 spiro atoms. The number of benzene rings is 2. The summed E-state index contributed by atoms with van der Waals surface area (Å²) >= 11 is 1.11. The first kappa shape index (κ1) is 23.2. The zero-order valence-electron chi connectivity index (χ0n) is 18.4. The summed E-state index contributed by atoms with van der Waals surface area (Å²) in [4.78, 5) is 39.7. The number of nitrogens with one attached hydrogen (secondary N) is 3. The van der Waals surface area contributed by atoms with Crippen molar-refractivity contribution in [3.05, 3.63) is 63.9 Å². The molecule has 0 saturated carbocycles. The molecule has 32 heavy (non-hydrogen) atoms. The van der Waals surface area contributed by atoms with Crippen molar-refractivity contribution in [2.75, 3.05) is 10.6 Å². The predicted molar refractivity (Wildman–Crippen MR) is 127 cm³/mol. The average molecular weight is 452 g/mol. The molecule has 3 rings (SSSR count). The van der Waals surface area contributed by atoms with Crippen LogP contribution in [-0.4, -0.2) is 32.2 Å². The molecule has 9 heteroatoms. The molecule has 1 atom stereocenters. The smallest absolute Gasteiger partial charge is 0.278 e. The van der Waals surface area contributed by atoms with Crippen molar-refractivity contribution in [1.29, 1.82) is 0 Å². The molecule has 8 nitrogen and oxygen atoms in total. The molecule has 1 aromatic heterocycles. The van der Waals surface area contributed by atoms with E-state index < -0.39 is 10.8 Å². The minimum atomic E-state index is -0.511. The molecule has 3 aromatic rings. The molecule has 0 saturated heterocycles. The number of para-hydroxylation sites is 1. The second-order valence-corrected chi connectivity index (χ2v) is 8.65. The fourth-order valence-electron chi connectivity index (χ4n) is 3.00. The number of hydrogen-bond acceptors (Lipinski definition) is 6. The summed E-state index contributed by atoms with van der Waals surface area (Å²) in [5.74, 6) is -0.376. The highest BCUT2D eigenvalue weighted by Crippen LogP contribution is 2.25. The SMILES string of the molecule is CCC(=O)Nc1ccccc1-c1nnc(SC(C)C(=O)Nc2ccc(C)cc2C)[nH]c1=O. The van der Waals surface area contributed by atoms with Crippen molar-refractivity contribution < 1.29 is 9.59 Å². The second-order valence-electron chi connectivity index (χ2n) is 7.32. The minimum Gasteiger partial charge on any atom is -0.325 e. The van der Waals surface area contributed by atoms with Crippen LogP contribution in [0.3, 0.4) is 0 Å². The number of H-pyrrole nitrogens is 1. The van der Waals surface area contributed by atoms with Gasteiger partial charge in [-0.1, -0.05) is 54.6 Å². The van der Waals surface area contributed by atoms with Crippen LogP contribution in [0.25, 0.3) is 11.3 Å². The van der Waals surface area contributed by atoms with Crippen LogP contribution >= 0.6 is 11.8 Å². The number of aromatic amines is 1. The fourth-order valence-corrected chi connectivity index (χ4v) is 3.74. The zero-order chi connectivity index (χ0) is 23.3. The van der Waals surface area contributed by atoms with E-state index in [1.165, 1.54) is 0 Å². The van der Waals surface area contributed by atoms with E-state index in [0.29, 0.717) is 17.7 Å². The highest BCUT2D eigenvalue weighted by Gasteiger charge is 2.19. The van der Waals surface area contributed by atoms with Gasteiger partial charge in [0, 0.05) is 17.7 Å². The number of hydrogen-bond donors (Lipinski definition) is 3. The number of anilines is 2. The van der Waals surface area contributed by atoms with Crippen molar-refractivity contribution in [2.45, 2.75) is 44.5 Å². The Kier molecular flexibility index (Phi) is 7.42. The van der Waals surface area contributed by atoms with Crippen molar-refractivity contribution in [3.8, 4) is 11.3 Å². The third-order valence-electron chi connectivity index (χ3n) is 4.75. The van der Waals surface area contributed by atoms with Gasteiger partial charge in [-0.2, -0.15) is 0 Å². The summed E-state index contributed by atoms with van der Waals surface area (Å²) in [5.41, 5.74) is 3.43. The van der Waals surface area contributed by atoms with Gasteiger partial charge in [-0.25, -0.2) is 0 Å². The van der Waals surface area contributed by atoms with E-state index in [2.05, 4.69) is 25.8 Å². The Hall–Kier alpha value is -3.46. The Bertz CT molecular complexity index is 1210. The number of amides is 2. The maximum Gasteiger partial charge on any atom is 0.278 e. The summed E-state index contributed by atoms with van der Waals surface area (Å²) in [5, 5.41) is 13.5. The van der Waals surface area contributed by atoms with Gasteiger partial charge in [-0.05, 0) is 38.5 Å². The lowest BCUT2D eigenvalue weighted by Gasteiger charge is -2.13. The Labute approximate surface area is 190 Å². The van der Waals surface area contributed by atoms with Crippen LogP contribution in [0.4, 0.5) is 11.4 Å². The quantitative estimate of drug-likeness (QED) is 0.469. The van der Waals surface area contributed by atoms with E-state index >= 15 is 0 Å². The standard InChI is InChI=1S/C23H25N5O3S/c1-5-19(29)24-18-9-7-6-8-16(18)20-22(31)26-23(28-27-20)32-15(4)21(30)25-17-11-10-13(2)12-14(17)3/h6-12,15H,5H2,1-4H3,(H,24,29)(H,25,30)(H,26,28,31). The maximum atomic E-state index is 12.7. The van der Waals surface area contributed by atoms with Gasteiger partial charge < -0.3 is 10.6 Å². The average Bonchev–Trinajstić information content (AvgIpc) is 2.76. The number of carbonyl (C=O) groups excluding carboxylic acids is 2. The number of aryl methyl sites for hydroxylation is 2. The van der Waals surface area contributed by atoms with Gasteiger partial charge >= 0.3 is 0 Å². The molecule has 0 aliphatic rings. The molecule has 0 radical (unpaired) electrons. The van der Waals surface area contributed by atoms with Crippen molar-refractivity contribution in [3.63, 3.8) is 0 Å². The van der Waals surface area contributed by atoms with Crippen molar-refractivity contribution in [1.82, 2.24) is 15.2 Å². The molecular formula is C23H25N5O3S. The lowest BCUT2D eigenvalue weighted by molar-refractivity contribution is -0.116. The lowest BCUT2D eigenvalue weighted by atomic mass is 10.1. The van der Waals surface area contributed by atoms with Crippen molar-refractivity contribution >= 4 is 35.0 Å². The van der Waals surface area contributed by atoms with Gasteiger partial charge in [0.1, 0.15) is 0 Å². The molecular weight excluding hydrogens is 426 g/mol. The fraction of sp³-hybridized carbons (Fsp3) is 0.261. The van der Waals surface area contributed by atoms with E-state index in [4.69, 9.17) is 0 Å². The third kappa shape index (κ3) is 5.61. The topological polar surface area (TPSA) is 117 Å². The third-order valence-corrected chi connectivity index (χ3v) is 5.73. The normalized spacial score (nSPS) is 11.6. The maximum absolute atomic E-state index is 12.7. The molecule has 2 aromatic carbocycles. The van der Waals surface area contributed by atoms with Gasteiger partial charge in [-0.3, -0.25) is 19.4 Å². The van der Waals surface area contributed by atoms with Crippen LogP contribution in [0, 0.1) is 13.8 Å². The molecule has 1 unspecified atom stereocenters. The molecule has 0 bridgehead atoms. The van der Waals surface area contributed by atoms with E-state index in [1.54, 1.807) is 38.1 Å². The minimum absolute atomic E-state index is 0.0914. The zero-order valence-corrected chi connectivity index (χ0v) is 19.2. The second kappa shape index (κ2) is 10.2. The molecule has 0 aliphatic heterocycles. The van der Waals surface area contributed by atoms with Gasteiger partial charge in [0.05, 0.1) is 10.9 Å². The first-order chi connectivity index (χ1) is 15.3. The first-order valence-corrected chi connectivity index (χ1v) is 11.1. The van der Waals surface area contributed by atoms with E-state index in [9.17, 15) is 14.4 Å². The van der Waals surface area contributed by atoms with Crippen LogP contribution in [0.2, 0.25) is 0 Å². The Morgan fingerprint density at radius 1 is 1.06 bits per heavy atom. The molecule has 0 aliphatic carbocycles. The summed E-state index contributed by atoms with van der Waals surface area (Å²) in [6, 6.07) is 12.7.